The van der Waals surface area contributed by atoms with Crippen LogP contribution in [0.5, 0.6) is 0 Å². The van der Waals surface area contributed by atoms with Gasteiger partial charge in [0.15, 0.2) is 5.43 Å². The second-order valence-electron chi connectivity index (χ2n) is 8.06. The molecule has 1 atom stereocenters. The molecular formula is C26H27NO3. The molecule has 1 aromatic heterocycles. The second-order valence-corrected chi connectivity index (χ2v) is 8.06. The van der Waals surface area contributed by atoms with Crippen LogP contribution in [0.1, 0.15) is 60.0 Å². The van der Waals surface area contributed by atoms with Gasteiger partial charge in [0.1, 0.15) is 11.8 Å². The van der Waals surface area contributed by atoms with Gasteiger partial charge in [-0.25, -0.2) is 0 Å². The number of nitrogens with one attached hydrogen (secondary N) is 1. The molecule has 1 amide bonds. The Kier molecular flexibility index (Phi) is 5.84. The minimum atomic E-state index is -0.219. The van der Waals surface area contributed by atoms with E-state index in [1.165, 1.54) is 42.4 Å². The maximum atomic E-state index is 12.7. The third-order valence-electron chi connectivity index (χ3n) is 5.87. The molecule has 0 aliphatic heterocycles. The Labute approximate surface area is 176 Å². The van der Waals surface area contributed by atoms with E-state index in [1.54, 1.807) is 6.07 Å². The quantitative estimate of drug-likeness (QED) is 0.593. The molecule has 4 rings (SSSR count). The number of benzene rings is 2. The third kappa shape index (κ3) is 4.23. The number of carbonyl (C=O) groups is 1. The summed E-state index contributed by atoms with van der Waals surface area (Å²) in [6.45, 7) is 3.99. The fourth-order valence-electron chi connectivity index (χ4n) is 4.15. The fourth-order valence-corrected chi connectivity index (χ4v) is 4.15. The normalized spacial score (nSPS) is 14.6. The maximum absolute atomic E-state index is 12.7. The van der Waals surface area contributed by atoms with Crippen LogP contribution < -0.4 is 10.7 Å². The largest absolute Gasteiger partial charge is 0.463 e. The van der Waals surface area contributed by atoms with Crippen molar-refractivity contribution in [3.05, 3.63) is 86.8 Å². The molecule has 2 aromatic carbocycles. The lowest BCUT2D eigenvalue weighted by molar-refractivity contribution is -0.117. The van der Waals surface area contributed by atoms with Crippen molar-refractivity contribution < 1.29 is 9.21 Å². The van der Waals surface area contributed by atoms with Gasteiger partial charge in [-0.15, -0.1) is 0 Å². The molecule has 1 unspecified atom stereocenters. The van der Waals surface area contributed by atoms with Gasteiger partial charge in [-0.2, -0.15) is 0 Å². The zero-order chi connectivity index (χ0) is 21.1. The molecule has 154 valence electrons. The Balaban J connectivity index is 1.51. The molecule has 0 radical (unpaired) electrons. The highest BCUT2D eigenvalue weighted by Gasteiger charge is 2.15. The first-order chi connectivity index (χ1) is 14.5. The van der Waals surface area contributed by atoms with Crippen molar-refractivity contribution in [2.24, 2.45) is 0 Å². The van der Waals surface area contributed by atoms with Gasteiger partial charge < -0.3 is 9.73 Å². The zero-order valence-electron chi connectivity index (χ0n) is 17.5. The average Bonchev–Trinajstić information content (AvgIpc) is 2.77. The molecule has 0 bridgehead atoms. The number of fused-ring (bicyclic) bond motifs is 2. The summed E-state index contributed by atoms with van der Waals surface area (Å²) in [5, 5.41) is 3.59. The van der Waals surface area contributed by atoms with Crippen LogP contribution in [0.2, 0.25) is 0 Å². The summed E-state index contributed by atoms with van der Waals surface area (Å²) in [6.07, 6.45) is 9.90. The maximum Gasteiger partial charge on any atom is 0.244 e. The van der Waals surface area contributed by atoms with Crippen LogP contribution in [0.3, 0.4) is 0 Å². The fraction of sp³-hybridized carbons (Fsp3) is 0.308. The Bertz CT molecular complexity index is 1170. The molecular weight excluding hydrogens is 374 g/mol. The Morgan fingerprint density at radius 2 is 1.93 bits per heavy atom. The van der Waals surface area contributed by atoms with Crippen LogP contribution in [-0.4, -0.2) is 5.91 Å². The highest BCUT2D eigenvalue weighted by molar-refractivity contribution is 5.92. The molecule has 30 heavy (non-hydrogen) atoms. The smallest absolute Gasteiger partial charge is 0.244 e. The molecule has 0 saturated carbocycles. The molecule has 4 nitrogen and oxygen atoms in total. The van der Waals surface area contributed by atoms with Crippen molar-refractivity contribution in [2.75, 3.05) is 0 Å². The first-order valence-corrected chi connectivity index (χ1v) is 10.7. The van der Waals surface area contributed by atoms with E-state index in [-0.39, 0.29) is 17.4 Å². The van der Waals surface area contributed by atoms with Gasteiger partial charge >= 0.3 is 0 Å². The SMILES string of the molecule is CCC(NC(=O)/C=C/c1coc2ccc(C)cc2c1=O)c1ccc2c(c1)CCCC2. The van der Waals surface area contributed by atoms with E-state index < -0.39 is 0 Å². The van der Waals surface area contributed by atoms with Crippen molar-refractivity contribution >= 4 is 23.0 Å². The highest BCUT2D eigenvalue weighted by atomic mass is 16.3. The Morgan fingerprint density at radius 3 is 2.73 bits per heavy atom. The average molecular weight is 402 g/mol. The predicted molar refractivity (Wildman–Crippen MR) is 121 cm³/mol. The molecule has 1 heterocycles. The van der Waals surface area contributed by atoms with Crippen LogP contribution in [-0.2, 0) is 17.6 Å². The summed E-state index contributed by atoms with van der Waals surface area (Å²) in [5.74, 6) is -0.219. The number of aryl methyl sites for hydroxylation is 3. The molecule has 1 aliphatic carbocycles. The molecule has 0 spiro atoms. The predicted octanol–water partition coefficient (Wildman–Crippen LogP) is 5.26. The number of rotatable bonds is 5. The van der Waals surface area contributed by atoms with E-state index in [0.717, 1.165) is 30.4 Å². The van der Waals surface area contributed by atoms with E-state index in [4.69, 9.17) is 4.42 Å². The lowest BCUT2D eigenvalue weighted by Crippen LogP contribution is -2.26. The summed E-state index contributed by atoms with van der Waals surface area (Å²) >= 11 is 0. The van der Waals surface area contributed by atoms with E-state index in [9.17, 15) is 9.59 Å². The van der Waals surface area contributed by atoms with Gasteiger partial charge in [-0.3, -0.25) is 9.59 Å². The number of amides is 1. The van der Waals surface area contributed by atoms with Gasteiger partial charge in [-0.05, 0) is 73.9 Å². The van der Waals surface area contributed by atoms with Gasteiger partial charge in [0.2, 0.25) is 5.91 Å². The molecule has 0 saturated heterocycles. The molecule has 0 fully saturated rings. The monoisotopic (exact) mass is 401 g/mol. The van der Waals surface area contributed by atoms with E-state index in [0.29, 0.717) is 16.5 Å². The van der Waals surface area contributed by atoms with E-state index in [1.807, 2.05) is 19.1 Å². The summed E-state index contributed by atoms with van der Waals surface area (Å²) in [5.41, 5.74) is 5.75. The van der Waals surface area contributed by atoms with Crippen molar-refractivity contribution in [2.45, 2.75) is 52.0 Å². The zero-order valence-corrected chi connectivity index (χ0v) is 17.5. The van der Waals surface area contributed by atoms with Gasteiger partial charge in [0, 0.05) is 6.08 Å². The van der Waals surface area contributed by atoms with Crippen molar-refractivity contribution in [1.82, 2.24) is 5.32 Å². The summed E-state index contributed by atoms with van der Waals surface area (Å²) < 4.78 is 5.55. The first-order valence-electron chi connectivity index (χ1n) is 10.7. The second kappa shape index (κ2) is 8.70. The van der Waals surface area contributed by atoms with Crippen LogP contribution in [0.15, 0.2) is 57.9 Å². The van der Waals surface area contributed by atoms with E-state index in [2.05, 4.69) is 30.4 Å². The lowest BCUT2D eigenvalue weighted by atomic mass is 9.89. The van der Waals surface area contributed by atoms with Crippen LogP contribution in [0, 0.1) is 6.92 Å². The van der Waals surface area contributed by atoms with Gasteiger partial charge in [-0.1, -0.05) is 36.8 Å². The Morgan fingerprint density at radius 1 is 1.13 bits per heavy atom. The van der Waals surface area contributed by atoms with Crippen molar-refractivity contribution in [1.29, 1.82) is 0 Å². The standard InChI is InChI=1S/C26H27NO3/c1-3-23(20-10-9-18-6-4-5-7-19(18)15-20)27-25(28)13-11-21-16-30-24-12-8-17(2)14-22(24)26(21)29/h8-16,23H,3-7H2,1-2H3,(H,27,28)/b13-11+. The summed E-state index contributed by atoms with van der Waals surface area (Å²) in [7, 11) is 0. The molecule has 1 N–H and O–H groups in total. The van der Waals surface area contributed by atoms with Gasteiger partial charge in [0.05, 0.1) is 17.0 Å². The van der Waals surface area contributed by atoms with E-state index >= 15 is 0 Å². The molecule has 3 aromatic rings. The van der Waals surface area contributed by atoms with Crippen LogP contribution in [0.4, 0.5) is 0 Å². The summed E-state index contributed by atoms with van der Waals surface area (Å²) in [4.78, 5) is 25.2. The number of hydrogen-bond acceptors (Lipinski definition) is 3. The Hall–Kier alpha value is -3.14. The van der Waals surface area contributed by atoms with Crippen molar-refractivity contribution in [3.63, 3.8) is 0 Å². The van der Waals surface area contributed by atoms with Gasteiger partial charge in [0.25, 0.3) is 0 Å². The highest BCUT2D eigenvalue weighted by Crippen LogP contribution is 2.26. The molecule has 1 aliphatic rings. The third-order valence-corrected chi connectivity index (χ3v) is 5.87. The van der Waals surface area contributed by atoms with Crippen LogP contribution >= 0.6 is 0 Å². The lowest BCUT2D eigenvalue weighted by Gasteiger charge is -2.21. The first kappa shape index (κ1) is 20.1. The topological polar surface area (TPSA) is 59.3 Å². The number of hydrogen-bond donors (Lipinski definition) is 1. The molecule has 4 heteroatoms. The summed E-state index contributed by atoms with van der Waals surface area (Å²) in [6, 6.07) is 12.0. The minimum absolute atomic E-state index is 0.0509. The van der Waals surface area contributed by atoms with Crippen LogP contribution in [0.25, 0.3) is 17.0 Å². The minimum Gasteiger partial charge on any atom is -0.463 e. The van der Waals surface area contributed by atoms with Crippen molar-refractivity contribution in [3.8, 4) is 0 Å². The number of carbonyl (C=O) groups excluding carboxylic acids is 1.